The first-order chi connectivity index (χ1) is 5.38. The highest BCUT2D eigenvalue weighted by molar-refractivity contribution is 5.70. The van der Waals surface area contributed by atoms with Gasteiger partial charge in [0.2, 0.25) is 0 Å². The molecule has 11 heavy (non-hydrogen) atoms. The molecule has 0 aliphatic rings. The fourth-order valence-electron chi connectivity index (χ4n) is 0.839. The lowest BCUT2D eigenvalue weighted by Gasteiger charge is -2.01. The summed E-state index contributed by atoms with van der Waals surface area (Å²) in [6.07, 6.45) is 5.21. The number of aromatic nitrogens is 1. The Hall–Kier alpha value is -1.38. The van der Waals surface area contributed by atoms with E-state index in [0.29, 0.717) is 0 Å². The van der Waals surface area contributed by atoms with Crippen LogP contribution in [-0.2, 0) is 0 Å². The highest BCUT2D eigenvalue weighted by Gasteiger charge is 1.94. The average molecular weight is 149 g/mol. The first-order valence-corrected chi connectivity index (χ1v) is 3.49. The monoisotopic (exact) mass is 149 g/mol. The number of nitrogens with one attached hydrogen (secondary N) is 1. The quantitative estimate of drug-likeness (QED) is 0.651. The van der Waals surface area contributed by atoms with Gasteiger partial charge < -0.3 is 5.32 Å². The minimum Gasteiger partial charge on any atom is -0.386 e. The lowest BCUT2D eigenvalue weighted by Crippen LogP contribution is -1.88. The molecule has 0 amide bonds. The maximum Gasteiger partial charge on any atom is 0.104 e. The Kier molecular flexibility index (Phi) is 2.60. The number of pyridine rings is 1. The molecule has 1 N–H and O–H groups in total. The minimum atomic E-state index is 0.873. The number of anilines is 1. The van der Waals surface area contributed by atoms with E-state index in [2.05, 4.69) is 15.3 Å². The van der Waals surface area contributed by atoms with Crippen molar-refractivity contribution >= 4 is 17.6 Å². The Bertz CT molecular complexity index is 255. The average Bonchev–Trinajstić information content (AvgIpc) is 2.06. The van der Waals surface area contributed by atoms with Crippen LogP contribution in [0.15, 0.2) is 23.5 Å². The van der Waals surface area contributed by atoms with Crippen molar-refractivity contribution < 1.29 is 0 Å². The van der Waals surface area contributed by atoms with Gasteiger partial charge >= 0.3 is 0 Å². The zero-order chi connectivity index (χ0) is 8.10. The predicted octanol–water partition coefficient (Wildman–Crippen LogP) is 1.85. The number of rotatable bonds is 2. The van der Waals surface area contributed by atoms with E-state index in [0.717, 1.165) is 11.4 Å². The van der Waals surface area contributed by atoms with Crippen LogP contribution in [0.25, 0.3) is 0 Å². The highest BCUT2D eigenvalue weighted by atomic mass is 14.9. The Labute approximate surface area is 66.2 Å². The Morgan fingerprint density at radius 3 is 3.09 bits per heavy atom. The lowest BCUT2D eigenvalue weighted by atomic mass is 10.3. The molecule has 0 unspecified atom stereocenters. The van der Waals surface area contributed by atoms with Crippen molar-refractivity contribution in [3.05, 3.63) is 18.5 Å². The van der Waals surface area contributed by atoms with Gasteiger partial charge in [0.15, 0.2) is 0 Å². The molecule has 0 fully saturated rings. The van der Waals surface area contributed by atoms with Crippen molar-refractivity contribution in [2.45, 2.75) is 6.92 Å². The van der Waals surface area contributed by atoms with Gasteiger partial charge in [-0.3, -0.25) is 9.98 Å². The van der Waals surface area contributed by atoms with E-state index in [1.165, 1.54) is 0 Å². The number of hydrogen-bond donors (Lipinski definition) is 1. The zero-order valence-corrected chi connectivity index (χ0v) is 6.70. The van der Waals surface area contributed by atoms with Crippen LogP contribution in [0.1, 0.15) is 6.92 Å². The van der Waals surface area contributed by atoms with Crippen molar-refractivity contribution in [1.82, 2.24) is 4.98 Å². The van der Waals surface area contributed by atoms with Gasteiger partial charge in [0.05, 0.1) is 11.9 Å². The van der Waals surface area contributed by atoms with E-state index >= 15 is 0 Å². The summed E-state index contributed by atoms with van der Waals surface area (Å²) < 4.78 is 0. The molecule has 1 aromatic rings. The molecule has 0 bridgehead atoms. The van der Waals surface area contributed by atoms with Crippen molar-refractivity contribution in [3.8, 4) is 0 Å². The normalized spacial score (nSPS) is 10.4. The molecule has 0 saturated carbocycles. The fraction of sp³-hybridized carbons (Fsp3) is 0.250. The molecule has 3 nitrogen and oxygen atoms in total. The molecule has 1 heterocycles. The topological polar surface area (TPSA) is 37.3 Å². The van der Waals surface area contributed by atoms with Crippen LogP contribution in [0.2, 0.25) is 0 Å². The Morgan fingerprint density at radius 2 is 2.45 bits per heavy atom. The maximum atomic E-state index is 4.13. The molecule has 0 aromatic carbocycles. The molecule has 0 aliphatic heterocycles. The standard InChI is InChI=1S/C8H11N3/c1-3-11-8-6-10-5-4-7(8)9-2/h3-6H,1-2H3,(H,9,10)/b11-3-. The second kappa shape index (κ2) is 3.71. The molecule has 0 aliphatic carbocycles. The van der Waals surface area contributed by atoms with Crippen LogP contribution in [0.3, 0.4) is 0 Å². The number of hydrogen-bond acceptors (Lipinski definition) is 3. The smallest absolute Gasteiger partial charge is 0.104 e. The van der Waals surface area contributed by atoms with Crippen molar-refractivity contribution in [1.29, 1.82) is 0 Å². The zero-order valence-electron chi connectivity index (χ0n) is 6.70. The van der Waals surface area contributed by atoms with Crippen molar-refractivity contribution in [2.24, 2.45) is 4.99 Å². The van der Waals surface area contributed by atoms with Gasteiger partial charge in [-0.15, -0.1) is 0 Å². The lowest BCUT2D eigenvalue weighted by molar-refractivity contribution is 1.29. The minimum absolute atomic E-state index is 0.873. The van der Waals surface area contributed by atoms with E-state index in [4.69, 9.17) is 0 Å². The third kappa shape index (κ3) is 1.77. The molecule has 58 valence electrons. The van der Waals surface area contributed by atoms with Crippen LogP contribution >= 0.6 is 0 Å². The predicted molar refractivity (Wildman–Crippen MR) is 47.6 cm³/mol. The first kappa shape index (κ1) is 7.72. The first-order valence-electron chi connectivity index (χ1n) is 3.49. The van der Waals surface area contributed by atoms with Crippen LogP contribution in [0.4, 0.5) is 11.4 Å². The highest BCUT2D eigenvalue weighted by Crippen LogP contribution is 2.21. The van der Waals surface area contributed by atoms with Gasteiger partial charge in [-0.05, 0) is 13.0 Å². The summed E-state index contributed by atoms with van der Waals surface area (Å²) in [7, 11) is 1.87. The van der Waals surface area contributed by atoms with Crippen LogP contribution in [0, 0.1) is 0 Å². The summed E-state index contributed by atoms with van der Waals surface area (Å²) in [6, 6.07) is 1.89. The van der Waals surface area contributed by atoms with E-state index < -0.39 is 0 Å². The molecular weight excluding hydrogens is 138 g/mol. The SMILES string of the molecule is C/C=N\c1cnccc1NC. The Balaban J connectivity index is 3.02. The number of aliphatic imine (C=N–C) groups is 1. The van der Waals surface area contributed by atoms with Crippen LogP contribution < -0.4 is 5.32 Å². The largest absolute Gasteiger partial charge is 0.386 e. The Morgan fingerprint density at radius 1 is 1.64 bits per heavy atom. The van der Waals surface area contributed by atoms with Crippen molar-refractivity contribution in [2.75, 3.05) is 12.4 Å². The van der Waals surface area contributed by atoms with Gasteiger partial charge in [0.25, 0.3) is 0 Å². The number of nitrogens with zero attached hydrogens (tertiary/aromatic N) is 2. The molecule has 1 aromatic heterocycles. The fourth-order valence-corrected chi connectivity index (χ4v) is 0.839. The van der Waals surface area contributed by atoms with Gasteiger partial charge in [0.1, 0.15) is 5.69 Å². The summed E-state index contributed by atoms with van der Waals surface area (Å²) in [5.41, 5.74) is 1.87. The van der Waals surface area contributed by atoms with Gasteiger partial charge in [-0.25, -0.2) is 0 Å². The molecule has 0 atom stereocenters. The third-order valence-electron chi connectivity index (χ3n) is 1.34. The second-order valence-corrected chi connectivity index (χ2v) is 2.03. The molecule has 0 saturated heterocycles. The summed E-state index contributed by atoms with van der Waals surface area (Å²) in [5.74, 6) is 0. The van der Waals surface area contributed by atoms with Gasteiger partial charge in [-0.2, -0.15) is 0 Å². The summed E-state index contributed by atoms with van der Waals surface area (Å²) in [5, 5.41) is 3.03. The van der Waals surface area contributed by atoms with E-state index in [1.54, 1.807) is 18.6 Å². The summed E-state index contributed by atoms with van der Waals surface area (Å²) in [6.45, 7) is 1.88. The maximum absolute atomic E-state index is 4.13. The molecule has 0 radical (unpaired) electrons. The molecular formula is C8H11N3. The summed E-state index contributed by atoms with van der Waals surface area (Å²) >= 11 is 0. The summed E-state index contributed by atoms with van der Waals surface area (Å²) in [4.78, 5) is 8.09. The molecule has 1 rings (SSSR count). The van der Waals surface area contributed by atoms with Gasteiger partial charge in [0, 0.05) is 19.5 Å². The molecule has 3 heteroatoms. The van der Waals surface area contributed by atoms with E-state index in [1.807, 2.05) is 20.0 Å². The van der Waals surface area contributed by atoms with Crippen LogP contribution in [-0.4, -0.2) is 18.2 Å². The van der Waals surface area contributed by atoms with Crippen molar-refractivity contribution in [3.63, 3.8) is 0 Å². The van der Waals surface area contributed by atoms with Crippen LogP contribution in [0.5, 0.6) is 0 Å². The molecule has 0 spiro atoms. The van der Waals surface area contributed by atoms with E-state index in [9.17, 15) is 0 Å². The second-order valence-electron chi connectivity index (χ2n) is 2.03. The third-order valence-corrected chi connectivity index (χ3v) is 1.34. The van der Waals surface area contributed by atoms with E-state index in [-0.39, 0.29) is 0 Å². The van der Waals surface area contributed by atoms with Gasteiger partial charge in [-0.1, -0.05) is 0 Å².